The zero-order valence-corrected chi connectivity index (χ0v) is 11.9. The van der Waals surface area contributed by atoms with Crippen molar-refractivity contribution in [1.29, 1.82) is 0 Å². The molecule has 1 fully saturated rings. The number of aryl methyl sites for hydroxylation is 1. The molecule has 1 N–H and O–H groups in total. The highest BCUT2D eigenvalue weighted by Crippen LogP contribution is 2.24. The number of nitrogens with zero attached hydrogens (tertiary/aromatic N) is 1. The Bertz CT molecular complexity index is 380. The van der Waals surface area contributed by atoms with Gasteiger partial charge in [0, 0.05) is 19.1 Å². The molecule has 1 amide bonds. The number of likely N-dealkylation sites (tertiary alicyclic amines) is 1. The Balaban J connectivity index is 0.00000144. The Morgan fingerprint density at radius 3 is 3.00 bits per heavy atom. The van der Waals surface area contributed by atoms with E-state index in [1.807, 2.05) is 30.3 Å². The van der Waals surface area contributed by atoms with Crippen LogP contribution in [-0.4, -0.2) is 37.0 Å². The number of thiophene rings is 1. The van der Waals surface area contributed by atoms with Crippen LogP contribution in [0.1, 0.15) is 28.1 Å². The van der Waals surface area contributed by atoms with Gasteiger partial charge in [0.05, 0.1) is 4.88 Å². The van der Waals surface area contributed by atoms with Crippen molar-refractivity contribution in [2.24, 2.45) is 0 Å². The second-order valence-electron chi connectivity index (χ2n) is 4.29. The molecule has 0 bridgehead atoms. The molecule has 1 unspecified atom stereocenters. The molecule has 1 aliphatic heterocycles. The predicted molar refractivity (Wildman–Crippen MR) is 74.3 cm³/mol. The molecule has 0 radical (unpaired) electrons. The molecule has 1 aliphatic rings. The van der Waals surface area contributed by atoms with E-state index in [1.54, 1.807) is 11.3 Å². The molecule has 0 aliphatic carbocycles. The number of hydrogen-bond acceptors (Lipinski definition) is 3. The van der Waals surface area contributed by atoms with Crippen LogP contribution < -0.4 is 5.32 Å². The van der Waals surface area contributed by atoms with E-state index in [-0.39, 0.29) is 18.3 Å². The number of amides is 1. The molecule has 2 heterocycles. The quantitative estimate of drug-likeness (QED) is 0.917. The summed E-state index contributed by atoms with van der Waals surface area (Å²) < 4.78 is 0. The minimum atomic E-state index is 0. The zero-order valence-electron chi connectivity index (χ0n) is 10.2. The van der Waals surface area contributed by atoms with Gasteiger partial charge in [-0.15, -0.1) is 23.7 Å². The Morgan fingerprint density at radius 1 is 1.65 bits per heavy atom. The lowest BCUT2D eigenvalue weighted by atomic mass is 10.2. The van der Waals surface area contributed by atoms with Gasteiger partial charge in [-0.1, -0.05) is 0 Å². The predicted octanol–water partition coefficient (Wildman–Crippen LogP) is 2.30. The van der Waals surface area contributed by atoms with Crippen LogP contribution in [0, 0.1) is 6.92 Å². The largest absolute Gasteiger partial charge is 0.334 e. The Labute approximate surface area is 113 Å². The summed E-state index contributed by atoms with van der Waals surface area (Å²) in [7, 11) is 1.94. The average molecular weight is 275 g/mol. The van der Waals surface area contributed by atoms with Crippen molar-refractivity contribution in [1.82, 2.24) is 10.2 Å². The monoisotopic (exact) mass is 274 g/mol. The maximum atomic E-state index is 12.3. The Hall–Kier alpha value is -0.580. The van der Waals surface area contributed by atoms with E-state index in [9.17, 15) is 4.79 Å². The summed E-state index contributed by atoms with van der Waals surface area (Å²) in [6.07, 6.45) is 2.25. The van der Waals surface area contributed by atoms with Crippen LogP contribution >= 0.6 is 23.7 Å². The molecular weight excluding hydrogens is 256 g/mol. The van der Waals surface area contributed by atoms with E-state index < -0.39 is 0 Å². The molecule has 1 saturated heterocycles. The topological polar surface area (TPSA) is 32.3 Å². The van der Waals surface area contributed by atoms with Crippen molar-refractivity contribution in [2.75, 3.05) is 20.1 Å². The first-order valence-electron chi connectivity index (χ1n) is 5.73. The SMILES string of the molecule is CNCC1CCCN1C(=O)c1sccc1C.Cl. The molecule has 1 aromatic heterocycles. The van der Waals surface area contributed by atoms with Gasteiger partial charge in [-0.25, -0.2) is 0 Å². The summed E-state index contributed by atoms with van der Waals surface area (Å²) in [6.45, 7) is 3.81. The van der Waals surface area contributed by atoms with Crippen molar-refractivity contribution < 1.29 is 4.79 Å². The third-order valence-corrected chi connectivity index (χ3v) is 4.14. The molecular formula is C12H19ClN2OS. The van der Waals surface area contributed by atoms with Crippen LogP contribution in [0.15, 0.2) is 11.4 Å². The van der Waals surface area contributed by atoms with Crippen LogP contribution in [0.3, 0.4) is 0 Å². The first-order valence-corrected chi connectivity index (χ1v) is 6.61. The Kier molecular flexibility index (Phi) is 5.43. The standard InChI is InChI=1S/C12H18N2OS.ClH/c1-9-5-7-16-11(9)12(15)14-6-3-4-10(14)8-13-2;/h5,7,10,13H,3-4,6,8H2,1-2H3;1H. The summed E-state index contributed by atoms with van der Waals surface area (Å²) in [4.78, 5) is 15.3. The zero-order chi connectivity index (χ0) is 11.5. The minimum absolute atomic E-state index is 0. The van der Waals surface area contributed by atoms with Gasteiger partial charge in [-0.05, 0) is 43.8 Å². The molecule has 17 heavy (non-hydrogen) atoms. The molecule has 0 spiro atoms. The fourth-order valence-corrected chi connectivity index (χ4v) is 3.15. The van der Waals surface area contributed by atoms with Crippen LogP contribution in [0.5, 0.6) is 0 Å². The van der Waals surface area contributed by atoms with E-state index in [4.69, 9.17) is 0 Å². The van der Waals surface area contributed by atoms with Crippen molar-refractivity contribution >= 4 is 29.7 Å². The number of rotatable bonds is 3. The number of nitrogens with one attached hydrogen (secondary N) is 1. The first kappa shape index (κ1) is 14.5. The molecule has 1 aromatic rings. The van der Waals surface area contributed by atoms with E-state index in [0.717, 1.165) is 36.4 Å². The van der Waals surface area contributed by atoms with Gasteiger partial charge in [0.1, 0.15) is 0 Å². The minimum Gasteiger partial charge on any atom is -0.334 e. The van der Waals surface area contributed by atoms with Crippen LogP contribution in [-0.2, 0) is 0 Å². The van der Waals surface area contributed by atoms with Gasteiger partial charge in [-0.2, -0.15) is 0 Å². The number of halogens is 1. The smallest absolute Gasteiger partial charge is 0.264 e. The maximum absolute atomic E-state index is 12.3. The van der Waals surface area contributed by atoms with E-state index >= 15 is 0 Å². The number of carbonyl (C=O) groups excluding carboxylic acids is 1. The van der Waals surface area contributed by atoms with Crippen LogP contribution in [0.4, 0.5) is 0 Å². The summed E-state index contributed by atoms with van der Waals surface area (Å²) in [5.41, 5.74) is 1.10. The lowest BCUT2D eigenvalue weighted by Crippen LogP contribution is -2.40. The third-order valence-electron chi connectivity index (χ3n) is 3.13. The molecule has 0 aromatic carbocycles. The highest BCUT2D eigenvalue weighted by Gasteiger charge is 2.29. The van der Waals surface area contributed by atoms with Crippen LogP contribution in [0.2, 0.25) is 0 Å². The second-order valence-corrected chi connectivity index (χ2v) is 5.20. The van der Waals surface area contributed by atoms with Gasteiger partial charge in [-0.3, -0.25) is 4.79 Å². The van der Waals surface area contributed by atoms with Crippen LogP contribution in [0.25, 0.3) is 0 Å². The third kappa shape index (κ3) is 3.00. The molecule has 5 heteroatoms. The number of likely N-dealkylation sites (N-methyl/N-ethyl adjacent to an activating group) is 1. The number of carbonyl (C=O) groups is 1. The number of hydrogen-bond donors (Lipinski definition) is 1. The highest BCUT2D eigenvalue weighted by molar-refractivity contribution is 7.12. The molecule has 96 valence electrons. The van der Waals surface area contributed by atoms with E-state index in [1.165, 1.54) is 0 Å². The summed E-state index contributed by atoms with van der Waals surface area (Å²) >= 11 is 1.55. The second kappa shape index (κ2) is 6.38. The molecule has 1 atom stereocenters. The van der Waals surface area contributed by atoms with Gasteiger partial charge in [0.15, 0.2) is 0 Å². The maximum Gasteiger partial charge on any atom is 0.264 e. The van der Waals surface area contributed by atoms with E-state index in [2.05, 4.69) is 5.32 Å². The fraction of sp³-hybridized carbons (Fsp3) is 0.583. The van der Waals surface area contributed by atoms with Crippen molar-refractivity contribution in [3.8, 4) is 0 Å². The molecule has 3 nitrogen and oxygen atoms in total. The van der Waals surface area contributed by atoms with Crippen molar-refractivity contribution in [2.45, 2.75) is 25.8 Å². The molecule has 0 saturated carbocycles. The van der Waals surface area contributed by atoms with E-state index in [0.29, 0.717) is 6.04 Å². The highest BCUT2D eigenvalue weighted by atomic mass is 35.5. The summed E-state index contributed by atoms with van der Waals surface area (Å²) in [6, 6.07) is 2.39. The normalized spacial score (nSPS) is 19.2. The first-order chi connectivity index (χ1) is 7.74. The summed E-state index contributed by atoms with van der Waals surface area (Å²) in [5.74, 6) is 0.213. The van der Waals surface area contributed by atoms with Crippen molar-refractivity contribution in [3.05, 3.63) is 21.9 Å². The lowest BCUT2D eigenvalue weighted by Gasteiger charge is -2.24. The lowest BCUT2D eigenvalue weighted by molar-refractivity contribution is 0.0741. The Morgan fingerprint density at radius 2 is 2.41 bits per heavy atom. The fourth-order valence-electron chi connectivity index (χ4n) is 2.27. The van der Waals surface area contributed by atoms with Gasteiger partial charge < -0.3 is 10.2 Å². The van der Waals surface area contributed by atoms with Gasteiger partial charge >= 0.3 is 0 Å². The van der Waals surface area contributed by atoms with Gasteiger partial charge in [0.25, 0.3) is 5.91 Å². The average Bonchev–Trinajstić information content (AvgIpc) is 2.87. The summed E-state index contributed by atoms with van der Waals surface area (Å²) in [5, 5.41) is 5.16. The van der Waals surface area contributed by atoms with Crippen molar-refractivity contribution in [3.63, 3.8) is 0 Å². The van der Waals surface area contributed by atoms with Gasteiger partial charge in [0.2, 0.25) is 0 Å². The molecule has 2 rings (SSSR count).